The summed E-state index contributed by atoms with van der Waals surface area (Å²) in [4.78, 5) is 0. The van der Waals surface area contributed by atoms with Crippen LogP contribution in [0.2, 0.25) is 0 Å². The van der Waals surface area contributed by atoms with Gasteiger partial charge in [-0.2, -0.15) is 13.2 Å². The number of aliphatic hydroxyl groups is 1. The zero-order valence-corrected chi connectivity index (χ0v) is 10.5. The van der Waals surface area contributed by atoms with Gasteiger partial charge in [0.2, 0.25) is 0 Å². The molecular formula is C13H16F4O. The van der Waals surface area contributed by atoms with E-state index in [0.29, 0.717) is 12.5 Å². The van der Waals surface area contributed by atoms with Crippen molar-refractivity contribution in [2.45, 2.75) is 39.0 Å². The van der Waals surface area contributed by atoms with Crippen LogP contribution in [-0.4, -0.2) is 5.11 Å². The third-order valence-corrected chi connectivity index (χ3v) is 3.27. The number of hydrogen-bond donors (Lipinski definition) is 1. The fraction of sp³-hybridized carbons (Fsp3) is 0.538. The van der Waals surface area contributed by atoms with Gasteiger partial charge in [-0.05, 0) is 30.0 Å². The molecule has 0 saturated carbocycles. The van der Waals surface area contributed by atoms with Gasteiger partial charge in [0.15, 0.2) is 0 Å². The summed E-state index contributed by atoms with van der Waals surface area (Å²) >= 11 is 0. The van der Waals surface area contributed by atoms with Crippen LogP contribution in [0.3, 0.4) is 0 Å². The van der Waals surface area contributed by atoms with Crippen molar-refractivity contribution < 1.29 is 22.7 Å². The second kappa shape index (κ2) is 4.88. The number of halogens is 4. The molecule has 0 heterocycles. The first-order valence-electron chi connectivity index (χ1n) is 5.72. The molecule has 0 fully saturated rings. The van der Waals surface area contributed by atoms with Gasteiger partial charge in [-0.1, -0.05) is 26.8 Å². The standard InChI is InChI=1S/C13H16F4O/c1-4-12(18,8(2)3)9-5-6-10(11(14)7-9)13(15,16)17/h5-8,18H,4H2,1-3H3. The molecule has 5 heteroatoms. The third-order valence-electron chi connectivity index (χ3n) is 3.27. The van der Waals surface area contributed by atoms with E-state index in [9.17, 15) is 22.7 Å². The zero-order chi connectivity index (χ0) is 14.1. The number of alkyl halides is 3. The van der Waals surface area contributed by atoms with Crippen molar-refractivity contribution in [2.75, 3.05) is 0 Å². The van der Waals surface area contributed by atoms with Crippen molar-refractivity contribution in [1.82, 2.24) is 0 Å². The van der Waals surface area contributed by atoms with Crippen molar-refractivity contribution in [1.29, 1.82) is 0 Å². The molecule has 0 aliphatic rings. The molecule has 18 heavy (non-hydrogen) atoms. The molecule has 1 aromatic carbocycles. The lowest BCUT2D eigenvalue weighted by atomic mass is 9.81. The Labute approximate surface area is 103 Å². The summed E-state index contributed by atoms with van der Waals surface area (Å²) in [6.45, 7) is 5.17. The first-order valence-corrected chi connectivity index (χ1v) is 5.72. The molecule has 0 aliphatic heterocycles. The quantitative estimate of drug-likeness (QED) is 0.815. The number of benzene rings is 1. The molecular weight excluding hydrogens is 248 g/mol. The average Bonchev–Trinajstić information content (AvgIpc) is 2.25. The Morgan fingerprint density at radius 3 is 2.11 bits per heavy atom. The van der Waals surface area contributed by atoms with E-state index in [1.54, 1.807) is 20.8 Å². The maximum Gasteiger partial charge on any atom is 0.419 e. The van der Waals surface area contributed by atoms with Crippen molar-refractivity contribution in [2.24, 2.45) is 5.92 Å². The van der Waals surface area contributed by atoms with Gasteiger partial charge in [-0.25, -0.2) is 4.39 Å². The van der Waals surface area contributed by atoms with Crippen LogP contribution < -0.4 is 0 Å². The van der Waals surface area contributed by atoms with Crippen LogP contribution in [0.4, 0.5) is 17.6 Å². The van der Waals surface area contributed by atoms with Gasteiger partial charge in [0.1, 0.15) is 5.82 Å². The van der Waals surface area contributed by atoms with E-state index in [1.165, 1.54) is 0 Å². The monoisotopic (exact) mass is 264 g/mol. The highest BCUT2D eigenvalue weighted by molar-refractivity contribution is 5.30. The summed E-state index contributed by atoms with van der Waals surface area (Å²) in [5, 5.41) is 10.3. The number of hydrogen-bond acceptors (Lipinski definition) is 1. The van der Waals surface area contributed by atoms with Gasteiger partial charge in [0.25, 0.3) is 0 Å². The Bertz CT molecular complexity index is 425. The van der Waals surface area contributed by atoms with Crippen LogP contribution in [0.1, 0.15) is 38.3 Å². The lowest BCUT2D eigenvalue weighted by Gasteiger charge is -2.32. The largest absolute Gasteiger partial charge is 0.419 e. The van der Waals surface area contributed by atoms with E-state index >= 15 is 0 Å². The topological polar surface area (TPSA) is 20.2 Å². The Hall–Kier alpha value is -1.10. The van der Waals surface area contributed by atoms with E-state index < -0.39 is 23.2 Å². The smallest absolute Gasteiger partial charge is 0.385 e. The molecule has 1 rings (SSSR count). The minimum absolute atomic E-state index is 0.172. The van der Waals surface area contributed by atoms with E-state index in [4.69, 9.17) is 0 Å². The average molecular weight is 264 g/mol. The minimum atomic E-state index is -4.72. The summed E-state index contributed by atoms with van der Waals surface area (Å²) in [5.74, 6) is -1.58. The lowest BCUT2D eigenvalue weighted by Crippen LogP contribution is -2.31. The Balaban J connectivity index is 3.27. The van der Waals surface area contributed by atoms with Gasteiger partial charge in [-0.3, -0.25) is 0 Å². The molecule has 0 aliphatic carbocycles. The van der Waals surface area contributed by atoms with Gasteiger partial charge in [0.05, 0.1) is 11.2 Å². The molecule has 0 amide bonds. The van der Waals surface area contributed by atoms with Crippen LogP contribution in [0, 0.1) is 11.7 Å². The lowest BCUT2D eigenvalue weighted by molar-refractivity contribution is -0.140. The summed E-state index contributed by atoms with van der Waals surface area (Å²) in [6.07, 6.45) is -4.42. The highest BCUT2D eigenvalue weighted by Crippen LogP contribution is 2.37. The first-order chi connectivity index (χ1) is 8.13. The predicted octanol–water partition coefficient (Wildman–Crippen LogP) is 4.10. The summed E-state index contributed by atoms with van der Waals surface area (Å²) < 4.78 is 50.7. The molecule has 1 N–H and O–H groups in total. The van der Waals surface area contributed by atoms with Crippen molar-refractivity contribution in [3.63, 3.8) is 0 Å². The minimum Gasteiger partial charge on any atom is -0.385 e. The van der Waals surface area contributed by atoms with Gasteiger partial charge in [-0.15, -0.1) is 0 Å². The molecule has 0 bridgehead atoms. The Morgan fingerprint density at radius 1 is 1.22 bits per heavy atom. The molecule has 102 valence electrons. The van der Waals surface area contributed by atoms with E-state index in [0.717, 1.165) is 12.1 Å². The van der Waals surface area contributed by atoms with E-state index in [2.05, 4.69) is 0 Å². The van der Waals surface area contributed by atoms with Crippen LogP contribution in [0.15, 0.2) is 18.2 Å². The van der Waals surface area contributed by atoms with Crippen molar-refractivity contribution in [3.8, 4) is 0 Å². The molecule has 0 saturated heterocycles. The Kier molecular flexibility index (Phi) is 4.05. The molecule has 0 aromatic heterocycles. The van der Waals surface area contributed by atoms with Gasteiger partial charge in [0, 0.05) is 0 Å². The molecule has 0 spiro atoms. The molecule has 1 unspecified atom stereocenters. The fourth-order valence-corrected chi connectivity index (χ4v) is 1.96. The van der Waals surface area contributed by atoms with Crippen LogP contribution in [0.25, 0.3) is 0 Å². The van der Waals surface area contributed by atoms with Crippen molar-refractivity contribution >= 4 is 0 Å². The summed E-state index contributed by atoms with van der Waals surface area (Å²) in [5.41, 5.74) is -2.45. The predicted molar refractivity (Wildman–Crippen MR) is 60.4 cm³/mol. The molecule has 1 atom stereocenters. The SMILES string of the molecule is CCC(O)(c1ccc(C(F)(F)F)c(F)c1)C(C)C. The Morgan fingerprint density at radius 2 is 1.78 bits per heavy atom. The molecule has 1 aromatic rings. The van der Waals surface area contributed by atoms with Crippen molar-refractivity contribution in [3.05, 3.63) is 35.1 Å². The first kappa shape index (κ1) is 15.0. The second-order valence-electron chi connectivity index (χ2n) is 4.62. The fourth-order valence-electron chi connectivity index (χ4n) is 1.96. The highest BCUT2D eigenvalue weighted by Gasteiger charge is 2.36. The molecule has 1 nitrogen and oxygen atoms in total. The maximum absolute atomic E-state index is 13.4. The molecule has 0 radical (unpaired) electrons. The third kappa shape index (κ3) is 2.66. The summed E-state index contributed by atoms with van der Waals surface area (Å²) in [7, 11) is 0. The van der Waals surface area contributed by atoms with Crippen LogP contribution >= 0.6 is 0 Å². The van der Waals surface area contributed by atoms with Gasteiger partial charge < -0.3 is 5.11 Å². The normalized spacial score (nSPS) is 15.8. The number of rotatable bonds is 3. The zero-order valence-electron chi connectivity index (χ0n) is 10.5. The summed E-state index contributed by atoms with van der Waals surface area (Å²) in [6, 6.07) is 2.58. The van der Waals surface area contributed by atoms with Crippen LogP contribution in [0.5, 0.6) is 0 Å². The van der Waals surface area contributed by atoms with E-state index in [1.807, 2.05) is 0 Å². The second-order valence-corrected chi connectivity index (χ2v) is 4.62. The van der Waals surface area contributed by atoms with Gasteiger partial charge >= 0.3 is 6.18 Å². The highest BCUT2D eigenvalue weighted by atomic mass is 19.4. The maximum atomic E-state index is 13.4. The van der Waals surface area contributed by atoms with Crippen LogP contribution in [-0.2, 0) is 11.8 Å². The van der Waals surface area contributed by atoms with E-state index in [-0.39, 0.29) is 11.5 Å².